The van der Waals surface area contributed by atoms with E-state index in [1.54, 1.807) is 0 Å². The Morgan fingerprint density at radius 1 is 1.27 bits per heavy atom. The van der Waals surface area contributed by atoms with Crippen LogP contribution in [0.2, 0.25) is 0 Å². The van der Waals surface area contributed by atoms with Gasteiger partial charge in [0.05, 0.1) is 12.0 Å². The zero-order chi connectivity index (χ0) is 19.1. The van der Waals surface area contributed by atoms with Crippen molar-refractivity contribution < 1.29 is 14.3 Å². The van der Waals surface area contributed by atoms with E-state index in [0.29, 0.717) is 24.2 Å². The van der Waals surface area contributed by atoms with E-state index >= 15 is 0 Å². The van der Waals surface area contributed by atoms with Crippen molar-refractivity contribution >= 4 is 5.78 Å². The van der Waals surface area contributed by atoms with Crippen LogP contribution < -0.4 is 10.5 Å². The Morgan fingerprint density at radius 3 is 2.50 bits per heavy atom. The van der Waals surface area contributed by atoms with Crippen LogP contribution in [0.15, 0.2) is 47.1 Å². The van der Waals surface area contributed by atoms with Crippen molar-refractivity contribution in [1.82, 2.24) is 0 Å². The van der Waals surface area contributed by atoms with E-state index in [-0.39, 0.29) is 28.8 Å². The summed E-state index contributed by atoms with van der Waals surface area (Å²) >= 11 is 0. The van der Waals surface area contributed by atoms with Crippen LogP contribution in [0.3, 0.4) is 0 Å². The van der Waals surface area contributed by atoms with E-state index in [4.69, 9.17) is 15.2 Å². The number of rotatable bonds is 3. The lowest BCUT2D eigenvalue weighted by Gasteiger charge is -2.37. The van der Waals surface area contributed by atoms with Gasteiger partial charge in [0.2, 0.25) is 5.88 Å². The van der Waals surface area contributed by atoms with Gasteiger partial charge in [-0.1, -0.05) is 26.0 Å². The molecule has 0 saturated carbocycles. The van der Waals surface area contributed by atoms with Crippen molar-refractivity contribution in [1.29, 1.82) is 5.26 Å². The molecule has 5 heteroatoms. The lowest BCUT2D eigenvalue weighted by atomic mass is 9.70. The summed E-state index contributed by atoms with van der Waals surface area (Å²) in [6.07, 6.45) is 1.13. The van der Waals surface area contributed by atoms with Gasteiger partial charge < -0.3 is 15.2 Å². The highest BCUT2D eigenvalue weighted by Crippen LogP contribution is 2.47. The molecule has 1 aromatic carbocycles. The average molecular weight is 352 g/mol. The van der Waals surface area contributed by atoms with Crippen LogP contribution >= 0.6 is 0 Å². The van der Waals surface area contributed by atoms with Crippen molar-refractivity contribution in [2.45, 2.75) is 52.6 Å². The number of carbonyl (C=O) groups is 1. The summed E-state index contributed by atoms with van der Waals surface area (Å²) in [6.45, 7) is 7.99. The maximum absolute atomic E-state index is 12.9. The molecule has 2 aliphatic rings. The predicted octanol–water partition coefficient (Wildman–Crippen LogP) is 3.92. The van der Waals surface area contributed by atoms with Gasteiger partial charge >= 0.3 is 0 Å². The molecule has 0 fully saturated rings. The third-order valence-corrected chi connectivity index (χ3v) is 4.66. The maximum Gasteiger partial charge on any atom is 0.205 e. The summed E-state index contributed by atoms with van der Waals surface area (Å²) in [5.74, 6) is 0.959. The molecular formula is C21H24N2O3. The minimum Gasteiger partial charge on any atom is -0.491 e. The highest BCUT2D eigenvalue weighted by atomic mass is 16.5. The van der Waals surface area contributed by atoms with Crippen LogP contribution in [0.25, 0.3) is 0 Å². The van der Waals surface area contributed by atoms with Crippen molar-refractivity contribution in [2.75, 3.05) is 0 Å². The molecule has 2 N–H and O–H groups in total. The van der Waals surface area contributed by atoms with Gasteiger partial charge in [-0.25, -0.2) is 0 Å². The van der Waals surface area contributed by atoms with Crippen molar-refractivity contribution in [3.8, 4) is 11.8 Å². The van der Waals surface area contributed by atoms with Gasteiger partial charge in [-0.2, -0.15) is 5.26 Å². The SMILES string of the molecule is CC(C)Oc1ccc([C@@H]2C(C#N)=C(N)OC3=C2C(=O)CC(C)(C)C3)cc1. The van der Waals surface area contributed by atoms with Crippen molar-refractivity contribution in [3.05, 3.63) is 52.6 Å². The molecule has 5 nitrogen and oxygen atoms in total. The molecule has 0 aromatic heterocycles. The van der Waals surface area contributed by atoms with Crippen LogP contribution in [0.5, 0.6) is 5.75 Å². The minimum atomic E-state index is -0.486. The van der Waals surface area contributed by atoms with E-state index < -0.39 is 5.92 Å². The van der Waals surface area contributed by atoms with E-state index in [1.807, 2.05) is 52.0 Å². The number of benzene rings is 1. The molecule has 0 unspecified atom stereocenters. The molecule has 0 saturated heterocycles. The molecule has 0 amide bonds. The second kappa shape index (κ2) is 6.53. The first kappa shape index (κ1) is 18.1. The Morgan fingerprint density at radius 2 is 1.92 bits per heavy atom. The zero-order valence-electron chi connectivity index (χ0n) is 15.6. The van der Waals surface area contributed by atoms with Crippen LogP contribution in [-0.4, -0.2) is 11.9 Å². The van der Waals surface area contributed by atoms with E-state index in [0.717, 1.165) is 11.3 Å². The van der Waals surface area contributed by atoms with E-state index in [2.05, 4.69) is 6.07 Å². The Labute approximate surface area is 154 Å². The van der Waals surface area contributed by atoms with Gasteiger partial charge in [0.15, 0.2) is 5.78 Å². The number of allylic oxidation sites excluding steroid dienone is 3. The summed E-state index contributed by atoms with van der Waals surface area (Å²) in [5.41, 5.74) is 7.52. The van der Waals surface area contributed by atoms with Gasteiger partial charge in [-0.3, -0.25) is 4.79 Å². The number of ketones is 1. The first-order valence-electron chi connectivity index (χ1n) is 8.82. The standard InChI is InChI=1S/C21H24N2O3/c1-12(2)25-14-7-5-13(6-8-14)18-15(11-22)20(23)26-17-10-21(3,4)9-16(24)19(17)18/h5-8,12,18H,9-10,23H2,1-4H3/t18-/m1/s1. The van der Waals surface area contributed by atoms with Gasteiger partial charge in [-0.15, -0.1) is 0 Å². The molecule has 136 valence electrons. The van der Waals surface area contributed by atoms with Crippen molar-refractivity contribution in [2.24, 2.45) is 11.1 Å². The Hall–Kier alpha value is -2.74. The van der Waals surface area contributed by atoms with Crippen LogP contribution in [0.4, 0.5) is 0 Å². The second-order valence-corrected chi connectivity index (χ2v) is 7.94. The Bertz CT molecular complexity index is 839. The fourth-order valence-corrected chi connectivity index (χ4v) is 3.63. The van der Waals surface area contributed by atoms with E-state index in [1.165, 1.54) is 0 Å². The normalized spacial score (nSPS) is 22.0. The highest BCUT2D eigenvalue weighted by molar-refractivity contribution is 6.00. The zero-order valence-corrected chi connectivity index (χ0v) is 15.6. The summed E-state index contributed by atoms with van der Waals surface area (Å²) < 4.78 is 11.4. The monoisotopic (exact) mass is 352 g/mol. The number of hydrogen-bond acceptors (Lipinski definition) is 5. The first-order valence-corrected chi connectivity index (χ1v) is 8.82. The van der Waals surface area contributed by atoms with Gasteiger partial charge in [0.25, 0.3) is 0 Å². The lowest BCUT2D eigenvalue weighted by Crippen LogP contribution is -2.33. The van der Waals surface area contributed by atoms with Crippen LogP contribution in [0.1, 0.15) is 52.0 Å². The summed E-state index contributed by atoms with van der Waals surface area (Å²) in [7, 11) is 0. The summed E-state index contributed by atoms with van der Waals surface area (Å²) in [6, 6.07) is 9.61. The smallest absolute Gasteiger partial charge is 0.205 e. The molecule has 1 heterocycles. The number of ether oxygens (including phenoxy) is 2. The minimum absolute atomic E-state index is 0.0176. The number of nitriles is 1. The average Bonchev–Trinajstić information content (AvgIpc) is 2.52. The molecule has 0 radical (unpaired) electrons. The molecule has 1 aromatic rings. The third-order valence-electron chi connectivity index (χ3n) is 4.66. The maximum atomic E-state index is 12.9. The van der Waals surface area contributed by atoms with Crippen LogP contribution in [-0.2, 0) is 9.53 Å². The number of hydrogen-bond donors (Lipinski definition) is 1. The quantitative estimate of drug-likeness (QED) is 0.891. The third kappa shape index (κ3) is 3.32. The predicted molar refractivity (Wildman–Crippen MR) is 97.9 cm³/mol. The fraction of sp³-hybridized carbons (Fsp3) is 0.429. The summed E-state index contributed by atoms with van der Waals surface area (Å²) in [5, 5.41) is 9.62. The Kier molecular flexibility index (Phi) is 4.53. The molecule has 26 heavy (non-hydrogen) atoms. The van der Waals surface area contributed by atoms with Gasteiger partial charge in [0, 0.05) is 18.4 Å². The van der Waals surface area contributed by atoms with Gasteiger partial charge in [0.1, 0.15) is 23.2 Å². The Balaban J connectivity index is 2.06. The molecule has 3 rings (SSSR count). The number of carbonyl (C=O) groups excluding carboxylic acids is 1. The molecular weight excluding hydrogens is 328 g/mol. The second-order valence-electron chi connectivity index (χ2n) is 7.94. The first-order chi connectivity index (χ1) is 12.2. The molecule has 1 aliphatic carbocycles. The largest absolute Gasteiger partial charge is 0.491 e. The lowest BCUT2D eigenvalue weighted by molar-refractivity contribution is -0.119. The van der Waals surface area contributed by atoms with Crippen LogP contribution in [0, 0.1) is 16.7 Å². The van der Waals surface area contributed by atoms with E-state index in [9.17, 15) is 10.1 Å². The number of nitrogens with two attached hydrogens (primary N) is 1. The van der Waals surface area contributed by atoms with Gasteiger partial charge in [-0.05, 0) is 37.0 Å². The molecule has 0 spiro atoms. The summed E-state index contributed by atoms with van der Waals surface area (Å²) in [4.78, 5) is 12.9. The van der Waals surface area contributed by atoms with Crippen molar-refractivity contribution in [3.63, 3.8) is 0 Å². The fourth-order valence-electron chi connectivity index (χ4n) is 3.63. The molecule has 0 bridgehead atoms. The topological polar surface area (TPSA) is 85.3 Å². The molecule has 1 atom stereocenters. The molecule has 1 aliphatic heterocycles. The highest BCUT2D eigenvalue weighted by Gasteiger charge is 2.42. The number of Topliss-reactive ketones (excluding diaryl/α,β-unsaturated/α-hetero) is 1. The number of nitrogens with zero attached hydrogens (tertiary/aromatic N) is 1.